The van der Waals surface area contributed by atoms with E-state index in [9.17, 15) is 19.2 Å². The summed E-state index contributed by atoms with van der Waals surface area (Å²) < 4.78 is 0. The molecule has 1 atom stereocenters. The lowest BCUT2D eigenvalue weighted by Gasteiger charge is -2.32. The van der Waals surface area contributed by atoms with Crippen LogP contribution in [0.3, 0.4) is 0 Å². The first kappa shape index (κ1) is 29.8. The van der Waals surface area contributed by atoms with E-state index in [1.807, 2.05) is 30.3 Å². The lowest BCUT2D eigenvalue weighted by Crippen LogP contribution is -2.52. The molecule has 1 heterocycles. The molecule has 1 saturated carbocycles. The summed E-state index contributed by atoms with van der Waals surface area (Å²) in [4.78, 5) is 56.2. The molecule has 1 aliphatic heterocycles. The number of nitrogens with one attached hydrogen (secondary N) is 1. The van der Waals surface area contributed by atoms with Gasteiger partial charge in [0, 0.05) is 32.0 Å². The highest BCUT2D eigenvalue weighted by Gasteiger charge is 2.36. The first-order valence-corrected chi connectivity index (χ1v) is 15.1. The SMILES string of the molecule is O=C(NC1CCCC1)[C@H](Cc1ccccc1)N(Cc1ccc(Cl)c(Cl)c1)C(=O)CCCN1C(=O)c2ccccc2C1=O. The first-order valence-electron chi connectivity index (χ1n) is 14.3. The minimum Gasteiger partial charge on any atom is -0.352 e. The van der Waals surface area contributed by atoms with Gasteiger partial charge in [0.1, 0.15) is 6.04 Å². The van der Waals surface area contributed by atoms with Crippen LogP contribution in [0, 0.1) is 0 Å². The van der Waals surface area contributed by atoms with E-state index in [-0.39, 0.29) is 55.6 Å². The van der Waals surface area contributed by atoms with E-state index in [0.29, 0.717) is 27.6 Å². The maximum Gasteiger partial charge on any atom is 0.261 e. The number of hydrogen-bond acceptors (Lipinski definition) is 4. The molecule has 0 bridgehead atoms. The zero-order valence-electron chi connectivity index (χ0n) is 23.2. The molecule has 0 unspecified atom stereocenters. The van der Waals surface area contributed by atoms with Crippen LogP contribution in [0.25, 0.3) is 0 Å². The number of nitrogens with zero attached hydrogens (tertiary/aromatic N) is 2. The molecular formula is C33H33Cl2N3O4. The lowest BCUT2D eigenvalue weighted by atomic mass is 10.0. The summed E-state index contributed by atoms with van der Waals surface area (Å²) in [6.07, 6.45) is 4.64. The van der Waals surface area contributed by atoms with E-state index >= 15 is 0 Å². The van der Waals surface area contributed by atoms with Crippen LogP contribution in [0.1, 0.15) is 70.4 Å². The van der Waals surface area contributed by atoms with Crippen LogP contribution >= 0.6 is 23.2 Å². The van der Waals surface area contributed by atoms with Gasteiger partial charge in [-0.1, -0.05) is 84.6 Å². The van der Waals surface area contributed by atoms with Crippen molar-refractivity contribution in [2.75, 3.05) is 6.54 Å². The Hall–Kier alpha value is -3.68. The van der Waals surface area contributed by atoms with Gasteiger partial charge in [-0.2, -0.15) is 0 Å². The van der Waals surface area contributed by atoms with Crippen LogP contribution in [0.5, 0.6) is 0 Å². The summed E-state index contributed by atoms with van der Waals surface area (Å²) in [5, 5.41) is 3.95. The van der Waals surface area contributed by atoms with Crippen LogP contribution in [-0.4, -0.2) is 52.1 Å². The zero-order valence-corrected chi connectivity index (χ0v) is 24.7. The number of carbonyl (C=O) groups is 4. The normalized spacial score (nSPS) is 15.5. The largest absolute Gasteiger partial charge is 0.352 e. The minimum absolute atomic E-state index is 0.0523. The fourth-order valence-corrected chi connectivity index (χ4v) is 6.05. The zero-order chi connectivity index (χ0) is 29.6. The van der Waals surface area contributed by atoms with Gasteiger partial charge >= 0.3 is 0 Å². The van der Waals surface area contributed by atoms with Crippen LogP contribution in [-0.2, 0) is 22.6 Å². The van der Waals surface area contributed by atoms with E-state index < -0.39 is 6.04 Å². The van der Waals surface area contributed by atoms with Crippen molar-refractivity contribution in [2.24, 2.45) is 0 Å². The Morgan fingerprint density at radius 2 is 1.50 bits per heavy atom. The third-order valence-corrected chi connectivity index (χ3v) is 8.70. The van der Waals surface area contributed by atoms with Crippen LogP contribution in [0.2, 0.25) is 10.0 Å². The van der Waals surface area contributed by atoms with Crippen molar-refractivity contribution in [1.82, 2.24) is 15.1 Å². The molecule has 0 radical (unpaired) electrons. The molecule has 0 saturated heterocycles. The van der Waals surface area contributed by atoms with E-state index in [1.165, 1.54) is 4.90 Å². The third-order valence-electron chi connectivity index (χ3n) is 7.96. The van der Waals surface area contributed by atoms with Crippen molar-refractivity contribution in [2.45, 2.75) is 63.6 Å². The third kappa shape index (κ3) is 6.85. The number of amides is 4. The summed E-state index contributed by atoms with van der Waals surface area (Å²) >= 11 is 12.4. The maximum absolute atomic E-state index is 13.9. The predicted molar refractivity (Wildman–Crippen MR) is 162 cm³/mol. The molecule has 2 aliphatic rings. The molecule has 0 spiro atoms. The fourth-order valence-electron chi connectivity index (χ4n) is 5.73. The Morgan fingerprint density at radius 3 is 2.14 bits per heavy atom. The molecule has 0 aromatic heterocycles. The lowest BCUT2D eigenvalue weighted by molar-refractivity contribution is -0.141. The Labute approximate surface area is 255 Å². The highest BCUT2D eigenvalue weighted by atomic mass is 35.5. The molecule has 42 heavy (non-hydrogen) atoms. The molecule has 1 aliphatic carbocycles. The second kappa shape index (κ2) is 13.5. The number of fused-ring (bicyclic) bond motifs is 1. The summed E-state index contributed by atoms with van der Waals surface area (Å²) in [5.74, 6) is -1.15. The van der Waals surface area contributed by atoms with Gasteiger partial charge in [-0.3, -0.25) is 24.1 Å². The van der Waals surface area contributed by atoms with Crippen molar-refractivity contribution in [1.29, 1.82) is 0 Å². The molecule has 3 aromatic carbocycles. The highest BCUT2D eigenvalue weighted by Crippen LogP contribution is 2.26. The van der Waals surface area contributed by atoms with Gasteiger partial charge in [0.25, 0.3) is 11.8 Å². The molecule has 5 rings (SSSR count). The van der Waals surface area contributed by atoms with E-state index in [1.54, 1.807) is 47.4 Å². The number of benzene rings is 3. The number of rotatable bonds is 11. The molecule has 1 fully saturated rings. The van der Waals surface area contributed by atoms with Crippen LogP contribution < -0.4 is 5.32 Å². The monoisotopic (exact) mass is 605 g/mol. The van der Waals surface area contributed by atoms with Crippen LogP contribution in [0.15, 0.2) is 72.8 Å². The van der Waals surface area contributed by atoms with Gasteiger partial charge in [-0.15, -0.1) is 0 Å². The molecular weight excluding hydrogens is 573 g/mol. The summed E-state index contributed by atoms with van der Waals surface area (Å²) in [6.45, 7) is 0.259. The molecule has 1 N–H and O–H groups in total. The van der Waals surface area contributed by atoms with E-state index in [0.717, 1.165) is 36.8 Å². The van der Waals surface area contributed by atoms with Crippen molar-refractivity contribution in [3.05, 3.63) is 105 Å². The van der Waals surface area contributed by atoms with Gasteiger partial charge in [-0.05, 0) is 54.7 Å². The highest BCUT2D eigenvalue weighted by molar-refractivity contribution is 6.42. The van der Waals surface area contributed by atoms with Crippen molar-refractivity contribution < 1.29 is 19.2 Å². The molecule has 7 nitrogen and oxygen atoms in total. The molecule has 3 aromatic rings. The minimum atomic E-state index is -0.769. The standard InChI is InChI=1S/C33H33Cl2N3O4/c34-27-17-16-23(19-28(27)35)21-38(29(20-22-9-2-1-3-10-22)31(40)36-24-11-4-5-12-24)30(39)15-8-18-37-32(41)25-13-6-7-14-26(25)33(37)42/h1-3,6-7,9-10,13-14,16-17,19,24,29H,4-5,8,11-12,15,18,20-21H2,(H,36,40)/t29-/m0/s1. The quantitative estimate of drug-likeness (QED) is 0.269. The van der Waals surface area contributed by atoms with Gasteiger partial charge in [-0.25, -0.2) is 0 Å². The van der Waals surface area contributed by atoms with Crippen molar-refractivity contribution >= 4 is 46.8 Å². The summed E-state index contributed by atoms with van der Waals surface area (Å²) in [5.41, 5.74) is 2.43. The Kier molecular flexibility index (Phi) is 9.60. The summed E-state index contributed by atoms with van der Waals surface area (Å²) in [6, 6.07) is 20.8. The first-order chi connectivity index (χ1) is 20.3. The molecule has 9 heteroatoms. The average molecular weight is 607 g/mol. The Morgan fingerprint density at radius 1 is 0.857 bits per heavy atom. The molecule has 218 valence electrons. The number of carbonyl (C=O) groups excluding carboxylic acids is 4. The van der Waals surface area contributed by atoms with E-state index in [4.69, 9.17) is 23.2 Å². The maximum atomic E-state index is 13.9. The van der Waals surface area contributed by atoms with E-state index in [2.05, 4.69) is 5.32 Å². The summed E-state index contributed by atoms with van der Waals surface area (Å²) in [7, 11) is 0. The van der Waals surface area contributed by atoms with Gasteiger partial charge in [0.05, 0.1) is 21.2 Å². The van der Waals surface area contributed by atoms with Gasteiger partial charge < -0.3 is 10.2 Å². The van der Waals surface area contributed by atoms with Gasteiger partial charge in [0.15, 0.2) is 0 Å². The second-order valence-corrected chi connectivity index (χ2v) is 11.7. The number of halogens is 2. The predicted octanol–water partition coefficient (Wildman–Crippen LogP) is 6.07. The van der Waals surface area contributed by atoms with Crippen LogP contribution in [0.4, 0.5) is 0 Å². The Balaban J connectivity index is 1.37. The second-order valence-electron chi connectivity index (χ2n) is 10.9. The number of imide groups is 1. The van der Waals surface area contributed by atoms with Crippen molar-refractivity contribution in [3.63, 3.8) is 0 Å². The number of hydrogen-bond donors (Lipinski definition) is 1. The smallest absolute Gasteiger partial charge is 0.261 e. The Bertz CT molecular complexity index is 1440. The fraction of sp³-hybridized carbons (Fsp3) is 0.333. The average Bonchev–Trinajstić information content (AvgIpc) is 3.59. The topological polar surface area (TPSA) is 86.8 Å². The molecule has 4 amide bonds. The van der Waals surface area contributed by atoms with Gasteiger partial charge in [0.2, 0.25) is 11.8 Å². The van der Waals surface area contributed by atoms with Crippen molar-refractivity contribution in [3.8, 4) is 0 Å².